The second-order valence-corrected chi connectivity index (χ2v) is 4.83. The fourth-order valence-corrected chi connectivity index (χ4v) is 2.33. The van der Waals surface area contributed by atoms with Crippen LogP contribution in [0.2, 0.25) is 0 Å². The second-order valence-electron chi connectivity index (χ2n) is 4.83. The molecule has 0 spiro atoms. The Morgan fingerprint density at radius 2 is 2.00 bits per heavy atom. The number of fused-ring (bicyclic) bond motifs is 1. The molecule has 2 aromatic rings. The predicted molar refractivity (Wildman–Crippen MR) is 84.6 cm³/mol. The Kier molecular flexibility index (Phi) is 4.21. The molecule has 116 valence electrons. The molecule has 6 heteroatoms. The van der Waals surface area contributed by atoms with E-state index in [1.165, 1.54) is 32.0 Å². The van der Waals surface area contributed by atoms with Gasteiger partial charge in [0.25, 0.3) is 5.91 Å². The van der Waals surface area contributed by atoms with Gasteiger partial charge >= 0.3 is 0 Å². The number of benzene rings is 2. The van der Waals surface area contributed by atoms with Gasteiger partial charge in [-0.15, -0.1) is 0 Å². The first-order valence-electron chi connectivity index (χ1n) is 6.71. The maximum atomic E-state index is 11.9. The number of phenols is 1. The number of nitrogens with zero attached hydrogens (tertiary/aromatic N) is 1. The van der Waals surface area contributed by atoms with Crippen molar-refractivity contribution in [2.45, 2.75) is 6.92 Å². The third kappa shape index (κ3) is 2.43. The smallest absolute Gasteiger partial charge is 0.254 e. The van der Waals surface area contributed by atoms with Crippen molar-refractivity contribution in [3.8, 4) is 11.5 Å². The van der Waals surface area contributed by atoms with Crippen LogP contribution in [0.4, 0.5) is 5.69 Å². The molecule has 0 bridgehead atoms. The van der Waals surface area contributed by atoms with Crippen LogP contribution >= 0.6 is 0 Å². The fraction of sp³-hybridized carbons (Fsp3) is 0.250. The topological polar surface area (TPSA) is 78.9 Å². The minimum atomic E-state index is -0.414. The summed E-state index contributed by atoms with van der Waals surface area (Å²) in [7, 11) is 4.60. The largest absolute Gasteiger partial charge is 0.506 e. The summed E-state index contributed by atoms with van der Waals surface area (Å²) in [6.07, 6.45) is 0. The van der Waals surface area contributed by atoms with E-state index in [0.717, 1.165) is 0 Å². The van der Waals surface area contributed by atoms with Crippen molar-refractivity contribution in [1.82, 2.24) is 5.32 Å². The van der Waals surface area contributed by atoms with Gasteiger partial charge in [-0.1, -0.05) is 12.1 Å². The van der Waals surface area contributed by atoms with Crippen molar-refractivity contribution in [1.29, 1.82) is 0 Å². The van der Waals surface area contributed by atoms with Gasteiger partial charge in [0.05, 0.1) is 23.7 Å². The van der Waals surface area contributed by atoms with Gasteiger partial charge in [0.15, 0.2) is 0 Å². The van der Waals surface area contributed by atoms with E-state index < -0.39 is 5.91 Å². The molecule has 0 atom stereocenters. The zero-order chi connectivity index (χ0) is 16.4. The Morgan fingerprint density at radius 1 is 1.32 bits per heavy atom. The Hall–Kier alpha value is -2.76. The third-order valence-electron chi connectivity index (χ3n) is 3.60. The molecule has 2 N–H and O–H groups in total. The summed E-state index contributed by atoms with van der Waals surface area (Å²) in [6.45, 7) is 1.45. The highest BCUT2D eigenvalue weighted by atomic mass is 16.5. The van der Waals surface area contributed by atoms with Crippen LogP contribution in [0.15, 0.2) is 24.3 Å². The van der Waals surface area contributed by atoms with Crippen LogP contribution in [0.3, 0.4) is 0 Å². The summed E-state index contributed by atoms with van der Waals surface area (Å²) in [4.78, 5) is 25.0. The van der Waals surface area contributed by atoms with Gasteiger partial charge < -0.3 is 20.1 Å². The number of methoxy groups -OCH3 is 1. The highest BCUT2D eigenvalue weighted by Crippen LogP contribution is 2.41. The SMILES string of the molecule is CNC(=O)c1cc(OC)c2c(N(C)C(C)=O)cccc2c1O. The summed E-state index contributed by atoms with van der Waals surface area (Å²) >= 11 is 0. The number of aromatic hydroxyl groups is 1. The van der Waals surface area contributed by atoms with E-state index in [0.29, 0.717) is 22.2 Å². The van der Waals surface area contributed by atoms with Gasteiger partial charge in [0.2, 0.25) is 5.91 Å². The molecule has 0 saturated carbocycles. The second kappa shape index (κ2) is 5.93. The average molecular weight is 302 g/mol. The highest BCUT2D eigenvalue weighted by Gasteiger charge is 2.20. The first-order valence-corrected chi connectivity index (χ1v) is 6.71. The van der Waals surface area contributed by atoms with Gasteiger partial charge in [-0.05, 0) is 12.1 Å². The lowest BCUT2D eigenvalue weighted by Crippen LogP contribution is -2.23. The number of hydrogen-bond acceptors (Lipinski definition) is 4. The fourth-order valence-electron chi connectivity index (χ4n) is 2.33. The number of amides is 2. The van der Waals surface area contributed by atoms with E-state index in [2.05, 4.69) is 5.32 Å². The molecule has 6 nitrogen and oxygen atoms in total. The molecule has 0 aliphatic carbocycles. The first kappa shape index (κ1) is 15.6. The lowest BCUT2D eigenvalue weighted by atomic mass is 10.0. The Labute approximate surface area is 128 Å². The molecule has 0 aliphatic rings. The lowest BCUT2D eigenvalue weighted by Gasteiger charge is -2.20. The summed E-state index contributed by atoms with van der Waals surface area (Å²) < 4.78 is 5.36. The van der Waals surface area contributed by atoms with Crippen LogP contribution in [-0.4, -0.2) is 38.1 Å². The highest BCUT2D eigenvalue weighted by molar-refractivity contribution is 6.11. The van der Waals surface area contributed by atoms with Crippen LogP contribution in [0.1, 0.15) is 17.3 Å². The van der Waals surface area contributed by atoms with Crippen molar-refractivity contribution in [3.05, 3.63) is 29.8 Å². The van der Waals surface area contributed by atoms with E-state index in [9.17, 15) is 14.7 Å². The zero-order valence-electron chi connectivity index (χ0n) is 12.9. The number of anilines is 1. The van der Waals surface area contributed by atoms with Gasteiger partial charge in [-0.25, -0.2) is 0 Å². The van der Waals surface area contributed by atoms with Gasteiger partial charge in [-0.3, -0.25) is 9.59 Å². The molecular weight excluding hydrogens is 284 g/mol. The van der Waals surface area contributed by atoms with E-state index in [4.69, 9.17) is 4.74 Å². The van der Waals surface area contributed by atoms with Gasteiger partial charge in [0.1, 0.15) is 11.5 Å². The average Bonchev–Trinajstić information content (AvgIpc) is 2.53. The quantitative estimate of drug-likeness (QED) is 0.907. The Bertz CT molecular complexity index is 755. The van der Waals surface area contributed by atoms with Crippen LogP contribution in [0.25, 0.3) is 10.8 Å². The van der Waals surface area contributed by atoms with Crippen molar-refractivity contribution in [2.75, 3.05) is 26.1 Å². The van der Waals surface area contributed by atoms with Crippen LogP contribution < -0.4 is 15.0 Å². The molecule has 0 unspecified atom stereocenters. The van der Waals surface area contributed by atoms with Crippen molar-refractivity contribution < 1.29 is 19.4 Å². The molecule has 2 rings (SSSR count). The van der Waals surface area contributed by atoms with Crippen LogP contribution in [-0.2, 0) is 4.79 Å². The minimum absolute atomic E-state index is 0.120. The number of rotatable bonds is 3. The predicted octanol–water partition coefficient (Wildman–Crippen LogP) is 1.90. The minimum Gasteiger partial charge on any atom is -0.506 e. The summed E-state index contributed by atoms with van der Waals surface area (Å²) in [6, 6.07) is 6.61. The molecule has 0 radical (unpaired) electrons. The summed E-state index contributed by atoms with van der Waals surface area (Å²) in [5.74, 6) is -0.295. The van der Waals surface area contributed by atoms with E-state index in [1.807, 2.05) is 0 Å². The summed E-state index contributed by atoms with van der Waals surface area (Å²) in [5, 5.41) is 13.9. The lowest BCUT2D eigenvalue weighted by molar-refractivity contribution is -0.116. The molecule has 0 fully saturated rings. The third-order valence-corrected chi connectivity index (χ3v) is 3.60. The van der Waals surface area contributed by atoms with E-state index in [1.54, 1.807) is 25.2 Å². The maximum absolute atomic E-state index is 11.9. The molecule has 2 aromatic carbocycles. The molecular formula is C16H18N2O4. The molecule has 0 saturated heterocycles. The van der Waals surface area contributed by atoms with Crippen molar-refractivity contribution in [2.24, 2.45) is 0 Å². The Balaban J connectivity index is 2.87. The Morgan fingerprint density at radius 3 is 2.55 bits per heavy atom. The van der Waals surface area contributed by atoms with Gasteiger partial charge in [0, 0.05) is 26.4 Å². The number of phenolic OH excluding ortho intramolecular Hbond substituents is 1. The van der Waals surface area contributed by atoms with Crippen molar-refractivity contribution >= 4 is 28.3 Å². The molecule has 0 aromatic heterocycles. The number of ether oxygens (including phenoxy) is 1. The normalized spacial score (nSPS) is 10.4. The summed E-state index contributed by atoms with van der Waals surface area (Å²) in [5.41, 5.74) is 0.718. The van der Waals surface area contributed by atoms with Crippen LogP contribution in [0, 0.1) is 0 Å². The first-order chi connectivity index (χ1) is 10.4. The maximum Gasteiger partial charge on any atom is 0.254 e. The standard InChI is InChI=1S/C16H18N2O4/c1-9(19)18(3)12-7-5-6-10-14(12)13(22-4)8-11(15(10)20)16(21)17-2/h5-8,20H,1-4H3,(H,17,21). The number of carbonyl (C=O) groups excluding carboxylic acids is 2. The number of hydrogen-bond donors (Lipinski definition) is 2. The molecule has 0 heterocycles. The van der Waals surface area contributed by atoms with E-state index in [-0.39, 0.29) is 17.2 Å². The van der Waals surface area contributed by atoms with Crippen molar-refractivity contribution in [3.63, 3.8) is 0 Å². The molecule has 0 aliphatic heterocycles. The monoisotopic (exact) mass is 302 g/mol. The number of nitrogens with one attached hydrogen (secondary N) is 1. The molecule has 2 amide bonds. The van der Waals surface area contributed by atoms with E-state index >= 15 is 0 Å². The van der Waals surface area contributed by atoms with Crippen LogP contribution in [0.5, 0.6) is 11.5 Å². The van der Waals surface area contributed by atoms with Gasteiger partial charge in [-0.2, -0.15) is 0 Å². The number of carbonyl (C=O) groups is 2. The molecule has 22 heavy (non-hydrogen) atoms. The zero-order valence-corrected chi connectivity index (χ0v) is 12.9.